The van der Waals surface area contributed by atoms with Crippen LogP contribution in [0.4, 0.5) is 5.69 Å². The maximum Gasteiger partial charge on any atom is 0.231 e. The Labute approximate surface area is 151 Å². The lowest BCUT2D eigenvalue weighted by molar-refractivity contribution is -0.127. The number of amides is 2. The Morgan fingerprint density at radius 3 is 2.84 bits per heavy atom. The minimum atomic E-state index is 0.137. The number of hydrogen-bond acceptors (Lipinski definition) is 4. The highest BCUT2D eigenvalue weighted by Gasteiger charge is 2.25. The number of aryl methyl sites for hydroxylation is 1. The highest BCUT2D eigenvalue weighted by atomic mass is 32.1. The van der Waals surface area contributed by atoms with Gasteiger partial charge in [-0.05, 0) is 31.0 Å². The topological polar surface area (TPSA) is 53.5 Å². The normalized spacial score (nSPS) is 16.9. The van der Waals surface area contributed by atoms with E-state index in [0.29, 0.717) is 12.8 Å². The number of hydrogen-bond donors (Lipinski definition) is 0. The highest BCUT2D eigenvalue weighted by molar-refractivity contribution is 7.12. The first-order chi connectivity index (χ1) is 12.0. The van der Waals surface area contributed by atoms with Crippen molar-refractivity contribution >= 4 is 28.8 Å². The van der Waals surface area contributed by atoms with Crippen LogP contribution in [0.5, 0.6) is 0 Å². The Morgan fingerprint density at radius 1 is 1.24 bits per heavy atom. The summed E-state index contributed by atoms with van der Waals surface area (Å²) >= 11 is 1.70. The van der Waals surface area contributed by atoms with Crippen LogP contribution in [-0.2, 0) is 22.4 Å². The summed E-state index contributed by atoms with van der Waals surface area (Å²) in [6, 6.07) is 6.15. The molecule has 130 valence electrons. The summed E-state index contributed by atoms with van der Waals surface area (Å²) in [6.07, 6.45) is 2.93. The van der Waals surface area contributed by atoms with Gasteiger partial charge in [0.15, 0.2) is 0 Å². The lowest BCUT2D eigenvalue weighted by Crippen LogP contribution is -2.26. The van der Waals surface area contributed by atoms with Gasteiger partial charge in [-0.2, -0.15) is 0 Å². The van der Waals surface area contributed by atoms with Crippen LogP contribution in [0.1, 0.15) is 28.3 Å². The van der Waals surface area contributed by atoms with Crippen LogP contribution in [0.25, 0.3) is 11.3 Å². The van der Waals surface area contributed by atoms with Crippen molar-refractivity contribution in [2.75, 3.05) is 25.0 Å². The number of likely N-dealkylation sites (N-methyl/N-ethyl adjacent to an activating group) is 1. The number of carbonyl (C=O) groups excluding carboxylic acids is 2. The van der Waals surface area contributed by atoms with E-state index in [4.69, 9.17) is 4.98 Å². The van der Waals surface area contributed by atoms with Crippen LogP contribution in [0.3, 0.4) is 0 Å². The van der Waals surface area contributed by atoms with Crippen LogP contribution >= 0.6 is 11.3 Å². The van der Waals surface area contributed by atoms with Crippen molar-refractivity contribution in [3.63, 3.8) is 0 Å². The molecular formula is C19H21N3O2S. The molecule has 1 fully saturated rings. The molecule has 2 aromatic rings. The minimum Gasteiger partial charge on any atom is -0.342 e. The van der Waals surface area contributed by atoms with Crippen LogP contribution in [-0.4, -0.2) is 41.8 Å². The van der Waals surface area contributed by atoms with Gasteiger partial charge in [0.25, 0.3) is 0 Å². The first-order valence-corrected chi connectivity index (χ1v) is 9.48. The molecule has 25 heavy (non-hydrogen) atoms. The van der Waals surface area contributed by atoms with E-state index in [0.717, 1.165) is 53.4 Å². The second-order valence-corrected chi connectivity index (χ2v) is 8.01. The monoisotopic (exact) mass is 355 g/mol. The Morgan fingerprint density at radius 2 is 2.08 bits per heavy atom. The number of fused-ring (bicyclic) bond motifs is 1. The second-order valence-electron chi connectivity index (χ2n) is 6.72. The Hall–Kier alpha value is -2.21. The van der Waals surface area contributed by atoms with Crippen molar-refractivity contribution < 1.29 is 9.59 Å². The SMILES string of the molecule is Cc1sc(CCN2CCCC2=O)nc1-c1ccc2c(c1)CC(=O)N2C. The first-order valence-electron chi connectivity index (χ1n) is 8.67. The average molecular weight is 355 g/mol. The van der Waals surface area contributed by atoms with Crippen LogP contribution in [0.15, 0.2) is 18.2 Å². The van der Waals surface area contributed by atoms with Crippen LogP contribution < -0.4 is 4.90 Å². The minimum absolute atomic E-state index is 0.137. The zero-order chi connectivity index (χ0) is 17.6. The van der Waals surface area contributed by atoms with Crippen LogP contribution in [0.2, 0.25) is 0 Å². The first kappa shape index (κ1) is 16.3. The molecule has 0 spiro atoms. The fourth-order valence-electron chi connectivity index (χ4n) is 3.61. The molecule has 4 rings (SSSR count). The van der Waals surface area contributed by atoms with E-state index in [1.165, 1.54) is 4.88 Å². The smallest absolute Gasteiger partial charge is 0.231 e. The summed E-state index contributed by atoms with van der Waals surface area (Å²) in [4.78, 5) is 33.2. The summed E-state index contributed by atoms with van der Waals surface area (Å²) in [7, 11) is 1.82. The number of benzene rings is 1. The molecule has 0 bridgehead atoms. The van der Waals surface area contributed by atoms with E-state index in [1.54, 1.807) is 16.2 Å². The number of likely N-dealkylation sites (tertiary alicyclic amines) is 1. The van der Waals surface area contributed by atoms with Crippen LogP contribution in [0, 0.1) is 6.92 Å². The van der Waals surface area contributed by atoms with Gasteiger partial charge in [0.1, 0.15) is 0 Å². The molecule has 2 amide bonds. The molecule has 1 aromatic heterocycles. The van der Waals surface area contributed by atoms with Gasteiger partial charge in [0, 0.05) is 49.1 Å². The third kappa shape index (κ3) is 2.95. The Balaban J connectivity index is 1.54. The molecule has 0 N–H and O–H groups in total. The van der Waals surface area contributed by atoms with E-state index >= 15 is 0 Å². The molecule has 1 saturated heterocycles. The molecule has 0 radical (unpaired) electrons. The molecule has 3 heterocycles. The van der Waals surface area contributed by atoms with Gasteiger partial charge < -0.3 is 9.80 Å². The van der Waals surface area contributed by atoms with Gasteiger partial charge in [-0.3, -0.25) is 9.59 Å². The third-order valence-electron chi connectivity index (χ3n) is 5.04. The molecule has 1 aromatic carbocycles. The van der Waals surface area contributed by atoms with E-state index in [1.807, 2.05) is 24.1 Å². The standard InChI is InChI=1S/C19H21N3O2S/c1-12-19(13-5-6-15-14(10-13)11-18(24)21(15)2)20-16(25-12)7-9-22-8-3-4-17(22)23/h5-6,10H,3-4,7-9,11H2,1-2H3. The summed E-state index contributed by atoms with van der Waals surface area (Å²) in [5, 5.41) is 1.07. The molecule has 0 unspecified atom stereocenters. The molecule has 0 atom stereocenters. The van der Waals surface area contributed by atoms with Crippen molar-refractivity contribution in [1.82, 2.24) is 9.88 Å². The number of carbonyl (C=O) groups is 2. The fraction of sp³-hybridized carbons (Fsp3) is 0.421. The van der Waals surface area contributed by atoms with Crippen molar-refractivity contribution in [3.05, 3.63) is 33.6 Å². The molecular weight excluding hydrogens is 334 g/mol. The van der Waals surface area contributed by atoms with Gasteiger partial charge in [-0.1, -0.05) is 6.07 Å². The quantitative estimate of drug-likeness (QED) is 0.847. The molecule has 2 aliphatic rings. The third-order valence-corrected chi connectivity index (χ3v) is 6.07. The van der Waals surface area contributed by atoms with Gasteiger partial charge in [0.05, 0.1) is 17.1 Å². The largest absolute Gasteiger partial charge is 0.342 e. The molecule has 5 nitrogen and oxygen atoms in total. The van der Waals surface area contributed by atoms with E-state index in [2.05, 4.69) is 13.0 Å². The average Bonchev–Trinajstić information content (AvgIpc) is 3.24. The lowest BCUT2D eigenvalue weighted by atomic mass is 10.1. The van der Waals surface area contributed by atoms with Gasteiger partial charge >= 0.3 is 0 Å². The van der Waals surface area contributed by atoms with Gasteiger partial charge in [0.2, 0.25) is 11.8 Å². The Kier molecular flexibility index (Phi) is 4.07. The molecule has 0 aliphatic carbocycles. The molecule has 2 aliphatic heterocycles. The second kappa shape index (κ2) is 6.26. The van der Waals surface area contributed by atoms with Gasteiger partial charge in [-0.25, -0.2) is 4.98 Å². The summed E-state index contributed by atoms with van der Waals surface area (Å²) in [6.45, 7) is 3.72. The maximum absolute atomic E-state index is 11.9. The Bertz CT molecular complexity index is 858. The van der Waals surface area contributed by atoms with E-state index in [-0.39, 0.29) is 11.8 Å². The number of aromatic nitrogens is 1. The number of thiazole rings is 1. The molecule has 6 heteroatoms. The molecule has 0 saturated carbocycles. The summed E-state index contributed by atoms with van der Waals surface area (Å²) < 4.78 is 0. The van der Waals surface area contributed by atoms with E-state index in [9.17, 15) is 9.59 Å². The fourth-order valence-corrected chi connectivity index (χ4v) is 4.56. The zero-order valence-corrected chi connectivity index (χ0v) is 15.4. The number of nitrogens with zero attached hydrogens (tertiary/aromatic N) is 3. The van der Waals surface area contributed by atoms with Crippen molar-refractivity contribution in [2.45, 2.75) is 32.6 Å². The predicted molar refractivity (Wildman–Crippen MR) is 98.9 cm³/mol. The van der Waals surface area contributed by atoms with Crippen molar-refractivity contribution in [3.8, 4) is 11.3 Å². The maximum atomic E-state index is 11.9. The highest BCUT2D eigenvalue weighted by Crippen LogP contribution is 2.34. The van der Waals surface area contributed by atoms with Crippen molar-refractivity contribution in [1.29, 1.82) is 0 Å². The lowest BCUT2D eigenvalue weighted by Gasteiger charge is -2.13. The number of anilines is 1. The van der Waals surface area contributed by atoms with E-state index < -0.39 is 0 Å². The number of rotatable bonds is 4. The summed E-state index contributed by atoms with van der Waals surface area (Å²) in [5.74, 6) is 0.402. The zero-order valence-electron chi connectivity index (χ0n) is 14.5. The van der Waals surface area contributed by atoms with Crippen molar-refractivity contribution in [2.24, 2.45) is 0 Å². The summed E-state index contributed by atoms with van der Waals surface area (Å²) in [5.41, 5.74) is 4.13. The van der Waals surface area contributed by atoms with Gasteiger partial charge in [-0.15, -0.1) is 11.3 Å². The predicted octanol–water partition coefficient (Wildman–Crippen LogP) is 2.80.